The normalized spacial score (nSPS) is 20.0. The van der Waals surface area contributed by atoms with Crippen LogP contribution in [0.2, 0.25) is 0 Å². The molecule has 3 N–H and O–H groups in total. The molecule has 1 aromatic carbocycles. The molecule has 98 valence electrons. The van der Waals surface area contributed by atoms with E-state index in [-0.39, 0.29) is 18.0 Å². The molecule has 1 aliphatic carbocycles. The van der Waals surface area contributed by atoms with Crippen LogP contribution >= 0.6 is 0 Å². The van der Waals surface area contributed by atoms with Crippen LogP contribution in [0.5, 0.6) is 0 Å². The van der Waals surface area contributed by atoms with Gasteiger partial charge in [0.15, 0.2) is 0 Å². The summed E-state index contributed by atoms with van der Waals surface area (Å²) >= 11 is 0. The fourth-order valence-electron chi connectivity index (χ4n) is 2.62. The highest BCUT2D eigenvalue weighted by Gasteiger charge is 2.23. The van der Waals surface area contributed by atoms with Gasteiger partial charge >= 0.3 is 0 Å². The molecule has 0 heterocycles. The second-order valence-electron chi connectivity index (χ2n) is 5.05. The third-order valence-electron chi connectivity index (χ3n) is 3.62. The topological polar surface area (TPSA) is 55.1 Å². The molecule has 3 nitrogen and oxygen atoms in total. The average molecular weight is 246 g/mol. The number of hydrogen-bond acceptors (Lipinski definition) is 2. The number of nitrogens with two attached hydrogens (primary N) is 1. The summed E-state index contributed by atoms with van der Waals surface area (Å²) in [7, 11) is 0. The lowest BCUT2D eigenvalue weighted by atomic mass is 9.87. The number of nitrogens with one attached hydrogen (secondary N) is 1. The van der Waals surface area contributed by atoms with Crippen LogP contribution < -0.4 is 11.1 Å². The minimum atomic E-state index is -0.371. The van der Waals surface area contributed by atoms with Crippen LogP contribution in [0.15, 0.2) is 24.3 Å². The molecular formula is C15H22N2O. The van der Waals surface area contributed by atoms with E-state index in [4.69, 9.17) is 5.73 Å². The largest absolute Gasteiger partial charge is 0.348 e. The molecule has 0 aliphatic heterocycles. The van der Waals surface area contributed by atoms with E-state index < -0.39 is 0 Å². The second-order valence-corrected chi connectivity index (χ2v) is 5.05. The highest BCUT2D eigenvalue weighted by molar-refractivity contribution is 5.81. The van der Waals surface area contributed by atoms with Crippen molar-refractivity contribution in [3.63, 3.8) is 0 Å². The van der Waals surface area contributed by atoms with Gasteiger partial charge in [0.2, 0.25) is 5.91 Å². The van der Waals surface area contributed by atoms with Gasteiger partial charge in [0.05, 0.1) is 12.1 Å². The first-order valence-corrected chi connectivity index (χ1v) is 6.86. The first-order valence-electron chi connectivity index (χ1n) is 6.86. The first kappa shape index (κ1) is 13.1. The van der Waals surface area contributed by atoms with E-state index in [9.17, 15) is 4.79 Å². The molecule has 0 bridgehead atoms. The zero-order chi connectivity index (χ0) is 13.0. The lowest BCUT2D eigenvalue weighted by Gasteiger charge is -2.27. The van der Waals surface area contributed by atoms with Crippen molar-refractivity contribution in [1.29, 1.82) is 0 Å². The summed E-state index contributed by atoms with van der Waals surface area (Å²) in [6.45, 7) is 2.04. The number of amides is 1. The van der Waals surface area contributed by atoms with E-state index in [2.05, 4.69) is 23.5 Å². The molecule has 0 saturated carbocycles. The van der Waals surface area contributed by atoms with Gasteiger partial charge in [-0.05, 0) is 36.8 Å². The minimum absolute atomic E-state index is 0.0152. The van der Waals surface area contributed by atoms with Gasteiger partial charge in [0.25, 0.3) is 0 Å². The molecule has 0 radical (unpaired) electrons. The molecule has 18 heavy (non-hydrogen) atoms. The van der Waals surface area contributed by atoms with Crippen molar-refractivity contribution in [3.05, 3.63) is 35.4 Å². The molecule has 0 fully saturated rings. The molecule has 0 spiro atoms. The maximum absolute atomic E-state index is 12.0. The third kappa shape index (κ3) is 2.91. The number of benzene rings is 1. The van der Waals surface area contributed by atoms with Crippen molar-refractivity contribution < 1.29 is 4.79 Å². The number of fused-ring (bicyclic) bond motifs is 1. The number of hydrogen-bond donors (Lipinski definition) is 2. The Labute approximate surface area is 109 Å². The Bertz CT molecular complexity index is 417. The van der Waals surface area contributed by atoms with Gasteiger partial charge in [-0.15, -0.1) is 0 Å². The van der Waals surface area contributed by atoms with Crippen LogP contribution in [0.3, 0.4) is 0 Å². The van der Waals surface area contributed by atoms with E-state index >= 15 is 0 Å². The Morgan fingerprint density at radius 2 is 2.28 bits per heavy atom. The van der Waals surface area contributed by atoms with Crippen LogP contribution in [-0.4, -0.2) is 11.9 Å². The summed E-state index contributed by atoms with van der Waals surface area (Å²) < 4.78 is 0. The molecule has 1 aromatic rings. The SMILES string of the molecule is CCC[C@@H](N)C(=O)NC1CCCc2ccccc21. The fourth-order valence-corrected chi connectivity index (χ4v) is 2.62. The number of rotatable bonds is 4. The number of carbonyl (C=O) groups excluding carboxylic acids is 1. The standard InChI is InChI=1S/C15H22N2O/c1-2-6-13(16)15(18)17-14-10-5-8-11-7-3-4-9-12(11)14/h3-4,7,9,13-14H,2,5-6,8,10,16H2,1H3,(H,17,18)/t13-,14?/m1/s1. The first-order chi connectivity index (χ1) is 8.72. The lowest BCUT2D eigenvalue weighted by Crippen LogP contribution is -2.42. The van der Waals surface area contributed by atoms with Gasteiger partial charge in [0, 0.05) is 0 Å². The van der Waals surface area contributed by atoms with E-state index in [1.165, 1.54) is 11.1 Å². The summed E-state index contributed by atoms with van der Waals surface area (Å²) in [6, 6.07) is 8.14. The zero-order valence-electron chi connectivity index (χ0n) is 11.0. The van der Waals surface area contributed by atoms with Gasteiger partial charge in [0.1, 0.15) is 0 Å². The highest BCUT2D eigenvalue weighted by Crippen LogP contribution is 2.29. The van der Waals surface area contributed by atoms with Crippen molar-refractivity contribution in [3.8, 4) is 0 Å². The Kier molecular flexibility index (Phi) is 4.37. The monoisotopic (exact) mass is 246 g/mol. The Morgan fingerprint density at radius 1 is 1.50 bits per heavy atom. The van der Waals surface area contributed by atoms with E-state index in [0.717, 1.165) is 32.1 Å². The van der Waals surface area contributed by atoms with Crippen molar-refractivity contribution in [2.45, 2.75) is 51.1 Å². The van der Waals surface area contributed by atoms with E-state index in [1.807, 2.05) is 13.0 Å². The predicted molar refractivity (Wildman–Crippen MR) is 73.1 cm³/mol. The molecule has 1 unspecified atom stereocenters. The highest BCUT2D eigenvalue weighted by atomic mass is 16.2. The summed E-state index contributed by atoms with van der Waals surface area (Å²) in [4.78, 5) is 12.0. The van der Waals surface area contributed by atoms with Gasteiger partial charge in [-0.2, -0.15) is 0 Å². The molecule has 3 heteroatoms. The minimum Gasteiger partial charge on any atom is -0.348 e. The molecule has 0 saturated heterocycles. The maximum atomic E-state index is 12.0. The molecule has 2 rings (SSSR count). The fraction of sp³-hybridized carbons (Fsp3) is 0.533. The van der Waals surface area contributed by atoms with Crippen molar-refractivity contribution in [2.75, 3.05) is 0 Å². The predicted octanol–water partition coefficient (Wildman–Crippen LogP) is 2.31. The molecule has 1 aliphatic rings. The molecule has 2 atom stereocenters. The van der Waals surface area contributed by atoms with Crippen molar-refractivity contribution in [1.82, 2.24) is 5.32 Å². The summed E-state index contributed by atoms with van der Waals surface area (Å²) in [5.41, 5.74) is 8.48. The van der Waals surface area contributed by atoms with E-state index in [1.54, 1.807) is 0 Å². The van der Waals surface area contributed by atoms with E-state index in [0.29, 0.717) is 0 Å². The Balaban J connectivity index is 2.05. The van der Waals surface area contributed by atoms with Gasteiger partial charge in [-0.3, -0.25) is 4.79 Å². The lowest BCUT2D eigenvalue weighted by molar-refractivity contribution is -0.123. The Morgan fingerprint density at radius 3 is 3.06 bits per heavy atom. The van der Waals surface area contributed by atoms with Crippen LogP contribution in [0.4, 0.5) is 0 Å². The molecular weight excluding hydrogens is 224 g/mol. The second kappa shape index (κ2) is 6.01. The van der Waals surface area contributed by atoms with Gasteiger partial charge < -0.3 is 11.1 Å². The van der Waals surface area contributed by atoms with Gasteiger partial charge in [-0.25, -0.2) is 0 Å². The van der Waals surface area contributed by atoms with Gasteiger partial charge in [-0.1, -0.05) is 37.6 Å². The average Bonchev–Trinajstić information content (AvgIpc) is 2.39. The van der Waals surface area contributed by atoms with Crippen LogP contribution in [0, 0.1) is 0 Å². The van der Waals surface area contributed by atoms with Crippen LogP contribution in [0.1, 0.15) is 49.8 Å². The zero-order valence-corrected chi connectivity index (χ0v) is 11.0. The van der Waals surface area contributed by atoms with Crippen LogP contribution in [-0.2, 0) is 11.2 Å². The molecule has 0 aromatic heterocycles. The summed E-state index contributed by atoms with van der Waals surface area (Å²) in [6.07, 6.45) is 4.95. The third-order valence-corrected chi connectivity index (χ3v) is 3.62. The maximum Gasteiger partial charge on any atom is 0.237 e. The summed E-state index contributed by atoms with van der Waals surface area (Å²) in [5.74, 6) is -0.0152. The number of aryl methyl sites for hydroxylation is 1. The molecule has 1 amide bonds. The summed E-state index contributed by atoms with van der Waals surface area (Å²) in [5, 5.41) is 3.10. The van der Waals surface area contributed by atoms with Crippen molar-refractivity contribution >= 4 is 5.91 Å². The van der Waals surface area contributed by atoms with Crippen molar-refractivity contribution in [2.24, 2.45) is 5.73 Å². The van der Waals surface area contributed by atoms with Crippen LogP contribution in [0.25, 0.3) is 0 Å². The number of carbonyl (C=O) groups is 1. The smallest absolute Gasteiger partial charge is 0.237 e. The Hall–Kier alpha value is -1.35. The quantitative estimate of drug-likeness (QED) is 0.856.